The van der Waals surface area contributed by atoms with E-state index in [1.54, 1.807) is 0 Å². The first-order valence-corrected chi connectivity index (χ1v) is 13.1. The molecule has 1 aromatic heterocycles. The number of benzene rings is 2. The lowest BCUT2D eigenvalue weighted by Crippen LogP contribution is -2.42. The molecule has 1 aliphatic rings. The molecule has 0 aliphatic carbocycles. The lowest BCUT2D eigenvalue weighted by Gasteiger charge is -2.28. The van der Waals surface area contributed by atoms with E-state index < -0.39 is 6.10 Å². The van der Waals surface area contributed by atoms with E-state index >= 15 is 0 Å². The lowest BCUT2D eigenvalue weighted by molar-refractivity contribution is -0.118. The van der Waals surface area contributed by atoms with Crippen LogP contribution >= 0.6 is 0 Å². The standard InChI is InChI=1S/C28H40N6O3/c1-20-13-21(2)15-23(14-20)34(8-4-5-27(29)36)18-22-6-7-25-26(16-22)32(3)28(31-25)30-17-24(35)19-33-9-11-37-12-10-33/h6-7,13-16,24,35H,4-5,8-12,17-19H2,1-3H3,(H2,29,36)(H,30,31). The van der Waals surface area contributed by atoms with Crippen LogP contribution in [0, 0.1) is 13.8 Å². The number of aliphatic hydroxyl groups excluding tert-OH is 1. The number of imidazole rings is 1. The first kappa shape index (κ1) is 26.9. The van der Waals surface area contributed by atoms with Crippen LogP contribution in [0.2, 0.25) is 0 Å². The van der Waals surface area contributed by atoms with Gasteiger partial charge in [-0.3, -0.25) is 9.69 Å². The average molecular weight is 509 g/mol. The molecule has 0 radical (unpaired) electrons. The lowest BCUT2D eigenvalue weighted by atomic mass is 10.1. The molecule has 4 rings (SSSR count). The van der Waals surface area contributed by atoms with Crippen LogP contribution in [-0.4, -0.2) is 77.5 Å². The summed E-state index contributed by atoms with van der Waals surface area (Å²) < 4.78 is 7.42. The molecule has 200 valence electrons. The van der Waals surface area contributed by atoms with E-state index in [4.69, 9.17) is 15.5 Å². The van der Waals surface area contributed by atoms with Crippen molar-refractivity contribution in [1.29, 1.82) is 0 Å². The number of carbonyl (C=O) groups is 1. The molecule has 0 bridgehead atoms. The molecule has 1 saturated heterocycles. The van der Waals surface area contributed by atoms with Gasteiger partial charge in [0, 0.05) is 58.4 Å². The van der Waals surface area contributed by atoms with Crippen LogP contribution in [0.5, 0.6) is 0 Å². The van der Waals surface area contributed by atoms with Gasteiger partial charge in [0.15, 0.2) is 0 Å². The zero-order valence-corrected chi connectivity index (χ0v) is 22.2. The molecule has 1 aliphatic heterocycles. The Hall–Kier alpha value is -3.14. The number of nitrogens with two attached hydrogens (primary N) is 1. The van der Waals surface area contributed by atoms with Gasteiger partial charge in [-0.15, -0.1) is 0 Å². The van der Waals surface area contributed by atoms with Gasteiger partial charge >= 0.3 is 0 Å². The number of anilines is 2. The zero-order valence-electron chi connectivity index (χ0n) is 22.2. The van der Waals surface area contributed by atoms with Crippen molar-refractivity contribution in [2.45, 2.75) is 39.3 Å². The summed E-state index contributed by atoms with van der Waals surface area (Å²) in [6.45, 7) is 9.86. The molecule has 9 nitrogen and oxygen atoms in total. The number of aliphatic hydroxyl groups is 1. The van der Waals surface area contributed by atoms with Crippen molar-refractivity contribution in [2.75, 3.05) is 56.2 Å². The fourth-order valence-electron chi connectivity index (χ4n) is 4.94. The number of nitrogens with zero attached hydrogens (tertiary/aromatic N) is 4. The van der Waals surface area contributed by atoms with Gasteiger partial charge in [0.1, 0.15) is 0 Å². The number of morpholine rings is 1. The molecule has 2 heterocycles. The molecule has 37 heavy (non-hydrogen) atoms. The number of β-amino-alcohol motifs (C(OH)–C–C–N with tert-alkyl or cyclic N) is 1. The first-order valence-electron chi connectivity index (χ1n) is 13.1. The summed E-state index contributed by atoms with van der Waals surface area (Å²) in [6, 6.07) is 12.9. The number of rotatable bonds is 12. The van der Waals surface area contributed by atoms with E-state index in [-0.39, 0.29) is 5.91 Å². The minimum Gasteiger partial charge on any atom is -0.390 e. The smallest absolute Gasteiger partial charge is 0.217 e. The largest absolute Gasteiger partial charge is 0.390 e. The summed E-state index contributed by atoms with van der Waals surface area (Å²) in [5.74, 6) is 0.465. The Morgan fingerprint density at radius 2 is 1.92 bits per heavy atom. The van der Waals surface area contributed by atoms with Gasteiger partial charge in [0.2, 0.25) is 11.9 Å². The van der Waals surface area contributed by atoms with Gasteiger partial charge < -0.3 is 30.4 Å². The van der Waals surface area contributed by atoms with E-state index in [0.717, 1.165) is 61.1 Å². The highest BCUT2D eigenvalue weighted by molar-refractivity contribution is 5.79. The van der Waals surface area contributed by atoms with Crippen molar-refractivity contribution in [1.82, 2.24) is 14.5 Å². The van der Waals surface area contributed by atoms with Gasteiger partial charge in [-0.1, -0.05) is 12.1 Å². The number of hydrogen-bond donors (Lipinski definition) is 3. The molecular weight excluding hydrogens is 468 g/mol. The van der Waals surface area contributed by atoms with E-state index in [0.29, 0.717) is 32.5 Å². The summed E-state index contributed by atoms with van der Waals surface area (Å²) in [7, 11) is 1.99. The average Bonchev–Trinajstić information content (AvgIpc) is 3.17. The predicted molar refractivity (Wildman–Crippen MR) is 148 cm³/mol. The highest BCUT2D eigenvalue weighted by Crippen LogP contribution is 2.24. The number of nitrogens with one attached hydrogen (secondary N) is 1. The Labute approximate surface area is 219 Å². The Morgan fingerprint density at radius 3 is 2.62 bits per heavy atom. The summed E-state index contributed by atoms with van der Waals surface area (Å²) in [6.07, 6.45) is 0.589. The SMILES string of the molecule is Cc1cc(C)cc(N(CCCC(N)=O)Cc2ccc3nc(NCC(O)CN4CCOCC4)n(C)c3c2)c1. The number of aryl methyl sites for hydroxylation is 3. The normalized spacial score (nSPS) is 15.1. The van der Waals surface area contributed by atoms with Crippen LogP contribution in [0.25, 0.3) is 11.0 Å². The summed E-state index contributed by atoms with van der Waals surface area (Å²) in [5.41, 5.74) is 12.1. The van der Waals surface area contributed by atoms with Gasteiger partial charge in [-0.2, -0.15) is 0 Å². The first-order chi connectivity index (χ1) is 17.8. The molecule has 1 amide bonds. The minimum atomic E-state index is -0.486. The van der Waals surface area contributed by atoms with Crippen molar-refractivity contribution in [3.8, 4) is 0 Å². The summed E-state index contributed by atoms with van der Waals surface area (Å²) >= 11 is 0. The number of carbonyl (C=O) groups excluding carboxylic acids is 1. The van der Waals surface area contributed by atoms with Gasteiger partial charge in [0.25, 0.3) is 0 Å². The van der Waals surface area contributed by atoms with Gasteiger partial charge in [-0.05, 0) is 61.2 Å². The Bertz CT molecular complexity index is 1180. The number of hydrogen-bond acceptors (Lipinski definition) is 7. The molecule has 1 atom stereocenters. The van der Waals surface area contributed by atoms with Crippen molar-refractivity contribution >= 4 is 28.6 Å². The van der Waals surface area contributed by atoms with Crippen LogP contribution in [0.3, 0.4) is 0 Å². The second-order valence-electron chi connectivity index (χ2n) is 10.1. The van der Waals surface area contributed by atoms with Gasteiger partial charge in [0.05, 0.1) is 30.4 Å². The third-order valence-corrected chi connectivity index (χ3v) is 6.81. The van der Waals surface area contributed by atoms with E-state index in [1.165, 1.54) is 11.1 Å². The summed E-state index contributed by atoms with van der Waals surface area (Å²) in [4.78, 5) is 20.6. The number of ether oxygens (including phenoxy) is 1. The maximum Gasteiger partial charge on any atom is 0.217 e. The van der Waals surface area contributed by atoms with E-state index in [2.05, 4.69) is 59.3 Å². The molecule has 0 saturated carbocycles. The molecule has 4 N–H and O–H groups in total. The molecule has 3 aromatic rings. The Balaban J connectivity index is 1.46. The van der Waals surface area contributed by atoms with Crippen molar-refractivity contribution in [3.05, 3.63) is 53.1 Å². The second kappa shape index (κ2) is 12.4. The van der Waals surface area contributed by atoms with Crippen LogP contribution in [-0.2, 0) is 23.1 Å². The molecule has 1 fully saturated rings. The number of aromatic nitrogens is 2. The van der Waals surface area contributed by atoms with Crippen LogP contribution in [0.4, 0.5) is 11.6 Å². The van der Waals surface area contributed by atoms with Crippen LogP contribution in [0.1, 0.15) is 29.5 Å². The number of primary amides is 1. The van der Waals surface area contributed by atoms with E-state index in [9.17, 15) is 9.90 Å². The quantitative estimate of drug-likeness (QED) is 0.345. The minimum absolute atomic E-state index is 0.272. The van der Waals surface area contributed by atoms with E-state index in [1.807, 2.05) is 17.7 Å². The van der Waals surface area contributed by atoms with Crippen molar-refractivity contribution in [3.63, 3.8) is 0 Å². The Kier molecular flexibility index (Phi) is 9.02. The second-order valence-corrected chi connectivity index (χ2v) is 10.1. The maximum absolute atomic E-state index is 11.3. The number of fused-ring (bicyclic) bond motifs is 1. The van der Waals surface area contributed by atoms with Crippen molar-refractivity contribution < 1.29 is 14.6 Å². The monoisotopic (exact) mass is 508 g/mol. The highest BCUT2D eigenvalue weighted by atomic mass is 16.5. The topological polar surface area (TPSA) is 109 Å². The third-order valence-electron chi connectivity index (χ3n) is 6.81. The highest BCUT2D eigenvalue weighted by Gasteiger charge is 2.17. The molecular formula is C28H40N6O3. The third kappa shape index (κ3) is 7.44. The van der Waals surface area contributed by atoms with Gasteiger partial charge in [-0.25, -0.2) is 4.98 Å². The Morgan fingerprint density at radius 1 is 1.19 bits per heavy atom. The molecule has 1 unspecified atom stereocenters. The molecule has 2 aromatic carbocycles. The molecule has 9 heteroatoms. The van der Waals surface area contributed by atoms with Crippen molar-refractivity contribution in [2.24, 2.45) is 12.8 Å². The zero-order chi connectivity index (χ0) is 26.4. The predicted octanol–water partition coefficient (Wildman–Crippen LogP) is 2.57. The fraction of sp³-hybridized carbons (Fsp3) is 0.500. The maximum atomic E-state index is 11.3. The number of amides is 1. The molecule has 0 spiro atoms. The van der Waals surface area contributed by atoms with Crippen LogP contribution < -0.4 is 16.0 Å². The summed E-state index contributed by atoms with van der Waals surface area (Å²) in [5, 5.41) is 13.8. The fourth-order valence-corrected chi connectivity index (χ4v) is 4.94. The van der Waals surface area contributed by atoms with Crippen LogP contribution in [0.15, 0.2) is 36.4 Å².